The van der Waals surface area contributed by atoms with Crippen LogP contribution in [0.4, 0.5) is 0 Å². The second-order valence-corrected chi connectivity index (χ2v) is 6.01. The van der Waals surface area contributed by atoms with Crippen LogP contribution in [0.15, 0.2) is 52.9 Å². The van der Waals surface area contributed by atoms with Crippen molar-refractivity contribution in [3.8, 4) is 0 Å². The first kappa shape index (κ1) is 14.6. The molecule has 3 rings (SSSR count). The van der Waals surface area contributed by atoms with Crippen molar-refractivity contribution < 1.29 is 14.3 Å². The van der Waals surface area contributed by atoms with Gasteiger partial charge in [-0.05, 0) is 51.9 Å². The van der Waals surface area contributed by atoms with Crippen LogP contribution >= 0.6 is 22.6 Å². The molecule has 0 fully saturated rings. The van der Waals surface area contributed by atoms with Gasteiger partial charge in [-0.1, -0.05) is 30.3 Å². The van der Waals surface area contributed by atoms with Gasteiger partial charge in [0.25, 0.3) is 0 Å². The van der Waals surface area contributed by atoms with Crippen LogP contribution in [0.5, 0.6) is 0 Å². The van der Waals surface area contributed by atoms with Crippen molar-refractivity contribution >= 4 is 33.6 Å². The van der Waals surface area contributed by atoms with Gasteiger partial charge in [-0.25, -0.2) is 0 Å². The summed E-state index contributed by atoms with van der Waals surface area (Å²) in [6, 6.07) is 15.9. The third-order valence-corrected chi connectivity index (χ3v) is 4.02. The van der Waals surface area contributed by atoms with Gasteiger partial charge in [-0.3, -0.25) is 0 Å². The summed E-state index contributed by atoms with van der Waals surface area (Å²) in [6.07, 6.45) is 0. The number of halogens is 1. The molecule has 0 bridgehead atoms. The number of ether oxygens (including phenoxy) is 1. The summed E-state index contributed by atoms with van der Waals surface area (Å²) in [4.78, 5) is 0. The Hall–Kier alpha value is -1.37. The van der Waals surface area contributed by atoms with Crippen molar-refractivity contribution in [2.75, 3.05) is 0 Å². The minimum atomic E-state index is 0.0387. The summed E-state index contributed by atoms with van der Waals surface area (Å²) in [5, 5.41) is 10.2. The maximum Gasteiger partial charge on any atom is 0.147 e. The Morgan fingerprint density at radius 3 is 2.57 bits per heavy atom. The third kappa shape index (κ3) is 3.45. The molecule has 1 heterocycles. The quantitative estimate of drug-likeness (QED) is 0.659. The van der Waals surface area contributed by atoms with Crippen molar-refractivity contribution in [1.29, 1.82) is 0 Å². The summed E-state index contributed by atoms with van der Waals surface area (Å²) in [5.41, 5.74) is 2.89. The molecule has 0 aliphatic rings. The molecule has 2 aromatic carbocycles. The molecule has 4 heteroatoms. The summed E-state index contributed by atoms with van der Waals surface area (Å²) >= 11 is 2.22. The molecule has 21 heavy (non-hydrogen) atoms. The first-order valence-corrected chi connectivity index (χ1v) is 7.77. The van der Waals surface area contributed by atoms with Gasteiger partial charge >= 0.3 is 0 Å². The minimum Gasteiger partial charge on any atom is -0.457 e. The zero-order chi connectivity index (χ0) is 14.7. The van der Waals surface area contributed by atoms with E-state index in [9.17, 15) is 5.11 Å². The molecular weight excluding hydrogens is 379 g/mol. The highest BCUT2D eigenvalue weighted by molar-refractivity contribution is 14.1. The van der Waals surface area contributed by atoms with Crippen LogP contribution in [-0.2, 0) is 24.6 Å². The highest BCUT2D eigenvalue weighted by Crippen LogP contribution is 2.27. The first-order valence-electron chi connectivity index (χ1n) is 6.69. The van der Waals surface area contributed by atoms with Crippen molar-refractivity contribution in [3.63, 3.8) is 0 Å². The van der Waals surface area contributed by atoms with Crippen molar-refractivity contribution in [1.82, 2.24) is 0 Å². The number of benzene rings is 2. The first-order chi connectivity index (χ1) is 10.3. The molecule has 1 N–H and O–H groups in total. The van der Waals surface area contributed by atoms with Gasteiger partial charge in [0, 0.05) is 5.39 Å². The number of hydrogen-bond donors (Lipinski definition) is 1. The van der Waals surface area contributed by atoms with Crippen LogP contribution in [-0.4, -0.2) is 5.11 Å². The van der Waals surface area contributed by atoms with Crippen molar-refractivity contribution in [3.05, 3.63) is 69.0 Å². The Balaban J connectivity index is 1.71. The molecule has 1 aromatic heterocycles. The topological polar surface area (TPSA) is 42.6 Å². The second kappa shape index (κ2) is 6.60. The lowest BCUT2D eigenvalue weighted by molar-refractivity contribution is 0.0940. The molecule has 0 saturated carbocycles. The monoisotopic (exact) mass is 394 g/mol. The van der Waals surface area contributed by atoms with Crippen molar-refractivity contribution in [2.24, 2.45) is 0 Å². The van der Waals surface area contributed by atoms with Crippen LogP contribution < -0.4 is 0 Å². The van der Waals surface area contributed by atoms with Gasteiger partial charge in [-0.15, -0.1) is 0 Å². The molecular formula is C17H15IO3. The van der Waals surface area contributed by atoms with Gasteiger partial charge in [0.1, 0.15) is 18.0 Å². The average molecular weight is 394 g/mol. The maximum atomic E-state index is 9.24. The largest absolute Gasteiger partial charge is 0.457 e. The average Bonchev–Trinajstić information content (AvgIpc) is 2.91. The fourth-order valence-corrected chi connectivity index (χ4v) is 3.05. The van der Waals surface area contributed by atoms with E-state index in [0.717, 1.165) is 31.4 Å². The number of hydrogen-bond acceptors (Lipinski definition) is 3. The molecule has 0 unspecified atom stereocenters. The molecule has 3 nitrogen and oxygen atoms in total. The summed E-state index contributed by atoms with van der Waals surface area (Å²) in [6.45, 7) is 1.04. The number of furan rings is 1. The van der Waals surface area contributed by atoms with Gasteiger partial charge in [0.05, 0.1) is 16.8 Å². The minimum absolute atomic E-state index is 0.0387. The Kier molecular flexibility index (Phi) is 4.57. The normalized spacial score (nSPS) is 11.1. The molecule has 0 saturated heterocycles. The number of rotatable bonds is 5. The molecule has 0 amide bonds. The van der Waals surface area contributed by atoms with Crippen LogP contribution in [0.3, 0.4) is 0 Å². The lowest BCUT2D eigenvalue weighted by atomic mass is 10.2. The second-order valence-electron chi connectivity index (χ2n) is 4.85. The van der Waals surface area contributed by atoms with Gasteiger partial charge in [0.15, 0.2) is 0 Å². The van der Waals surface area contributed by atoms with E-state index in [4.69, 9.17) is 9.15 Å². The molecule has 0 radical (unpaired) electrons. The molecule has 0 spiro atoms. The lowest BCUT2D eigenvalue weighted by Gasteiger charge is -2.01. The molecule has 3 aromatic rings. The Bertz CT molecular complexity index is 734. The molecule has 0 aliphatic carbocycles. The fraction of sp³-hybridized carbons (Fsp3) is 0.176. The lowest BCUT2D eigenvalue weighted by Crippen LogP contribution is -1.92. The van der Waals surface area contributed by atoms with E-state index in [0.29, 0.717) is 13.2 Å². The molecule has 0 aliphatic heterocycles. The van der Waals surface area contributed by atoms with E-state index in [1.807, 2.05) is 48.5 Å². The smallest absolute Gasteiger partial charge is 0.147 e. The summed E-state index contributed by atoms with van der Waals surface area (Å²) < 4.78 is 12.5. The number of aliphatic hydroxyl groups excluding tert-OH is 1. The van der Waals surface area contributed by atoms with E-state index < -0.39 is 0 Å². The van der Waals surface area contributed by atoms with Crippen LogP contribution in [0.2, 0.25) is 0 Å². The van der Waals surface area contributed by atoms with E-state index >= 15 is 0 Å². The zero-order valence-corrected chi connectivity index (χ0v) is 13.5. The SMILES string of the molecule is OCc1cc(I)c2oc(COCc3ccccc3)cc2c1. The standard InChI is InChI=1S/C17H15IO3/c18-16-7-13(9-19)6-14-8-15(21-17(14)16)11-20-10-12-4-2-1-3-5-12/h1-8,19H,9-11H2. The maximum absolute atomic E-state index is 9.24. The Morgan fingerprint density at radius 2 is 1.81 bits per heavy atom. The van der Waals surface area contributed by atoms with E-state index in [-0.39, 0.29) is 6.61 Å². The van der Waals surface area contributed by atoms with Gasteiger partial charge in [-0.2, -0.15) is 0 Å². The highest BCUT2D eigenvalue weighted by Gasteiger charge is 2.09. The van der Waals surface area contributed by atoms with Crippen LogP contribution in [0.25, 0.3) is 11.0 Å². The number of fused-ring (bicyclic) bond motifs is 1. The van der Waals surface area contributed by atoms with Gasteiger partial charge < -0.3 is 14.3 Å². The van der Waals surface area contributed by atoms with E-state index in [2.05, 4.69) is 22.6 Å². The fourth-order valence-electron chi connectivity index (χ4n) is 2.23. The third-order valence-electron chi connectivity index (χ3n) is 3.22. The Morgan fingerprint density at radius 1 is 1.00 bits per heavy atom. The van der Waals surface area contributed by atoms with Crippen LogP contribution in [0.1, 0.15) is 16.9 Å². The highest BCUT2D eigenvalue weighted by atomic mass is 127. The van der Waals surface area contributed by atoms with Gasteiger partial charge in [0.2, 0.25) is 0 Å². The van der Waals surface area contributed by atoms with Crippen LogP contribution in [0, 0.1) is 3.57 Å². The molecule has 0 atom stereocenters. The van der Waals surface area contributed by atoms with E-state index in [1.54, 1.807) is 0 Å². The molecule has 108 valence electrons. The number of aliphatic hydroxyl groups is 1. The Labute approximate surface area is 136 Å². The van der Waals surface area contributed by atoms with E-state index in [1.165, 1.54) is 0 Å². The van der Waals surface area contributed by atoms with Crippen molar-refractivity contribution in [2.45, 2.75) is 19.8 Å². The zero-order valence-electron chi connectivity index (χ0n) is 11.4. The predicted octanol–water partition coefficient (Wildman–Crippen LogP) is 4.25. The predicted molar refractivity (Wildman–Crippen MR) is 89.8 cm³/mol. The summed E-state index contributed by atoms with van der Waals surface area (Å²) in [7, 11) is 0. The summed E-state index contributed by atoms with van der Waals surface area (Å²) in [5.74, 6) is 0.800.